The van der Waals surface area contributed by atoms with Crippen LogP contribution < -0.4 is 5.32 Å². The van der Waals surface area contributed by atoms with Crippen molar-refractivity contribution in [3.8, 4) is 0 Å². The molecular weight excluding hydrogens is 208 g/mol. The number of hydrogen-bond acceptors (Lipinski definition) is 2. The van der Waals surface area contributed by atoms with Gasteiger partial charge in [0, 0.05) is 24.6 Å². The Labute approximate surface area is 102 Å². The van der Waals surface area contributed by atoms with Crippen molar-refractivity contribution in [2.24, 2.45) is 0 Å². The fourth-order valence-electron chi connectivity index (χ4n) is 1.65. The molecule has 0 bridgehead atoms. The third-order valence-corrected chi connectivity index (χ3v) is 2.60. The van der Waals surface area contributed by atoms with Gasteiger partial charge in [0.25, 0.3) is 0 Å². The summed E-state index contributed by atoms with van der Waals surface area (Å²) in [5.74, 6) is 0. The zero-order chi connectivity index (χ0) is 12.1. The van der Waals surface area contributed by atoms with Crippen molar-refractivity contribution < 1.29 is 0 Å². The normalized spacial score (nSPS) is 9.94. The highest BCUT2D eigenvalue weighted by Gasteiger charge is 1.98. The van der Waals surface area contributed by atoms with Gasteiger partial charge in [-0.25, -0.2) is 0 Å². The average molecular weight is 224 g/mol. The minimum absolute atomic E-state index is 0.751. The molecule has 0 unspecified atom stereocenters. The summed E-state index contributed by atoms with van der Waals surface area (Å²) in [7, 11) is 0. The predicted octanol–water partition coefficient (Wildman–Crippen LogP) is 3.15. The lowest BCUT2D eigenvalue weighted by atomic mass is 10.1. The Morgan fingerprint density at radius 2 is 2.18 bits per heavy atom. The maximum absolute atomic E-state index is 4.08. The number of pyridine rings is 1. The second-order valence-electron chi connectivity index (χ2n) is 4.06. The standard InChI is InChI=1S/C15H16N2/c1-12-5-3-7-15(9-12)13(2)17-11-14-6-4-8-16-10-14/h3-10,17H,2,11H2,1H3. The van der Waals surface area contributed by atoms with Crippen LogP contribution in [0.4, 0.5) is 0 Å². The van der Waals surface area contributed by atoms with Crippen LogP contribution in [0.15, 0.2) is 55.4 Å². The molecule has 0 radical (unpaired) electrons. The molecule has 0 aliphatic rings. The lowest BCUT2D eigenvalue weighted by molar-refractivity contribution is 0.884. The summed E-state index contributed by atoms with van der Waals surface area (Å²) in [4.78, 5) is 4.08. The van der Waals surface area contributed by atoms with Crippen molar-refractivity contribution in [1.82, 2.24) is 10.3 Å². The van der Waals surface area contributed by atoms with Gasteiger partial charge in [-0.2, -0.15) is 0 Å². The third-order valence-electron chi connectivity index (χ3n) is 2.60. The molecule has 0 amide bonds. The molecule has 1 N–H and O–H groups in total. The van der Waals surface area contributed by atoms with Crippen LogP contribution in [0.2, 0.25) is 0 Å². The third kappa shape index (κ3) is 3.18. The summed E-state index contributed by atoms with van der Waals surface area (Å²) in [5.41, 5.74) is 4.47. The first-order valence-electron chi connectivity index (χ1n) is 5.64. The second kappa shape index (κ2) is 5.30. The second-order valence-corrected chi connectivity index (χ2v) is 4.06. The van der Waals surface area contributed by atoms with Crippen molar-refractivity contribution >= 4 is 5.70 Å². The molecule has 0 atom stereocenters. The number of nitrogens with one attached hydrogen (secondary N) is 1. The number of benzene rings is 1. The molecule has 2 aromatic rings. The summed E-state index contributed by atoms with van der Waals surface area (Å²) >= 11 is 0. The number of aryl methyl sites for hydroxylation is 1. The first kappa shape index (κ1) is 11.4. The Morgan fingerprint density at radius 3 is 2.88 bits per heavy atom. The van der Waals surface area contributed by atoms with Gasteiger partial charge in [-0.05, 0) is 30.2 Å². The Hall–Kier alpha value is -2.09. The largest absolute Gasteiger partial charge is 0.381 e. The Bertz CT molecular complexity index is 503. The molecule has 17 heavy (non-hydrogen) atoms. The van der Waals surface area contributed by atoms with Gasteiger partial charge in [-0.1, -0.05) is 36.4 Å². The molecule has 86 valence electrons. The van der Waals surface area contributed by atoms with Gasteiger partial charge in [0.1, 0.15) is 0 Å². The van der Waals surface area contributed by atoms with Gasteiger partial charge >= 0.3 is 0 Å². The molecule has 0 saturated heterocycles. The van der Waals surface area contributed by atoms with Crippen LogP contribution >= 0.6 is 0 Å². The summed E-state index contributed by atoms with van der Waals surface area (Å²) in [6, 6.07) is 12.3. The van der Waals surface area contributed by atoms with Crippen molar-refractivity contribution in [3.63, 3.8) is 0 Å². The van der Waals surface area contributed by atoms with Crippen LogP contribution in [0.3, 0.4) is 0 Å². The number of aromatic nitrogens is 1. The number of nitrogens with zero attached hydrogens (tertiary/aromatic N) is 1. The Balaban J connectivity index is 1.98. The summed E-state index contributed by atoms with van der Waals surface area (Å²) in [6.45, 7) is 6.88. The summed E-state index contributed by atoms with van der Waals surface area (Å²) in [5, 5.41) is 3.31. The van der Waals surface area contributed by atoms with Crippen molar-refractivity contribution in [2.45, 2.75) is 13.5 Å². The van der Waals surface area contributed by atoms with Gasteiger partial charge in [-0.3, -0.25) is 4.98 Å². The smallest absolute Gasteiger partial charge is 0.0416 e. The maximum atomic E-state index is 4.08. The maximum Gasteiger partial charge on any atom is 0.0416 e. The molecule has 0 fully saturated rings. The highest BCUT2D eigenvalue weighted by atomic mass is 14.9. The Kier molecular flexibility index (Phi) is 3.55. The lowest BCUT2D eigenvalue weighted by Crippen LogP contribution is -2.11. The van der Waals surface area contributed by atoms with Gasteiger partial charge in [0.05, 0.1) is 0 Å². The average Bonchev–Trinajstić information content (AvgIpc) is 2.37. The predicted molar refractivity (Wildman–Crippen MR) is 71.3 cm³/mol. The number of hydrogen-bond donors (Lipinski definition) is 1. The van der Waals surface area contributed by atoms with Crippen molar-refractivity contribution in [3.05, 3.63) is 72.1 Å². The fraction of sp³-hybridized carbons (Fsp3) is 0.133. The molecule has 2 heteroatoms. The minimum Gasteiger partial charge on any atom is -0.381 e. The molecule has 2 rings (SSSR count). The lowest BCUT2D eigenvalue weighted by Gasteiger charge is -2.10. The molecule has 1 aromatic carbocycles. The van der Waals surface area contributed by atoms with Crippen molar-refractivity contribution in [1.29, 1.82) is 0 Å². The molecule has 2 nitrogen and oxygen atoms in total. The first-order chi connectivity index (χ1) is 8.25. The summed E-state index contributed by atoms with van der Waals surface area (Å²) < 4.78 is 0. The van der Waals surface area contributed by atoms with E-state index in [-0.39, 0.29) is 0 Å². The minimum atomic E-state index is 0.751. The van der Waals surface area contributed by atoms with E-state index in [1.807, 2.05) is 24.4 Å². The van der Waals surface area contributed by atoms with Gasteiger partial charge in [0.15, 0.2) is 0 Å². The Morgan fingerprint density at radius 1 is 1.29 bits per heavy atom. The zero-order valence-corrected chi connectivity index (χ0v) is 9.98. The van der Waals surface area contributed by atoms with Gasteiger partial charge in [-0.15, -0.1) is 0 Å². The van der Waals surface area contributed by atoms with E-state index < -0.39 is 0 Å². The highest BCUT2D eigenvalue weighted by Crippen LogP contribution is 2.11. The molecule has 1 aromatic heterocycles. The van der Waals surface area contributed by atoms with Crippen LogP contribution in [-0.4, -0.2) is 4.98 Å². The molecule has 1 heterocycles. The molecule has 0 aliphatic heterocycles. The van der Waals surface area contributed by atoms with E-state index in [4.69, 9.17) is 0 Å². The van der Waals surface area contributed by atoms with Gasteiger partial charge in [0.2, 0.25) is 0 Å². The van der Waals surface area contributed by atoms with Crippen LogP contribution in [0, 0.1) is 6.92 Å². The van der Waals surface area contributed by atoms with E-state index in [2.05, 4.69) is 42.0 Å². The van der Waals surface area contributed by atoms with E-state index in [0.717, 1.165) is 23.4 Å². The zero-order valence-electron chi connectivity index (χ0n) is 9.98. The van der Waals surface area contributed by atoms with Crippen LogP contribution in [0.5, 0.6) is 0 Å². The first-order valence-corrected chi connectivity index (χ1v) is 5.64. The number of rotatable bonds is 4. The van der Waals surface area contributed by atoms with E-state index >= 15 is 0 Å². The van der Waals surface area contributed by atoms with E-state index in [0.29, 0.717) is 0 Å². The monoisotopic (exact) mass is 224 g/mol. The molecular formula is C15H16N2. The molecule has 0 spiro atoms. The molecule has 0 aliphatic carbocycles. The fourth-order valence-corrected chi connectivity index (χ4v) is 1.65. The van der Waals surface area contributed by atoms with Crippen LogP contribution in [0.25, 0.3) is 5.70 Å². The quantitative estimate of drug-likeness (QED) is 0.863. The van der Waals surface area contributed by atoms with Crippen molar-refractivity contribution in [2.75, 3.05) is 0 Å². The van der Waals surface area contributed by atoms with Crippen LogP contribution in [0.1, 0.15) is 16.7 Å². The topological polar surface area (TPSA) is 24.9 Å². The summed E-state index contributed by atoms with van der Waals surface area (Å²) in [6.07, 6.45) is 3.63. The van der Waals surface area contributed by atoms with Gasteiger partial charge < -0.3 is 5.32 Å². The highest BCUT2D eigenvalue weighted by molar-refractivity contribution is 5.62. The van der Waals surface area contributed by atoms with E-state index in [1.165, 1.54) is 5.56 Å². The van der Waals surface area contributed by atoms with E-state index in [1.54, 1.807) is 6.20 Å². The van der Waals surface area contributed by atoms with Crippen LogP contribution in [-0.2, 0) is 6.54 Å². The van der Waals surface area contributed by atoms with E-state index in [9.17, 15) is 0 Å². The SMILES string of the molecule is C=C(NCc1cccnc1)c1cccc(C)c1. The molecule has 0 saturated carbocycles.